The van der Waals surface area contributed by atoms with E-state index in [4.69, 9.17) is 9.94 Å². The summed E-state index contributed by atoms with van der Waals surface area (Å²) in [5.41, 5.74) is -0.639. The Kier molecular flexibility index (Phi) is 5.64. The summed E-state index contributed by atoms with van der Waals surface area (Å²) in [6.07, 6.45) is -0.686. The molecular formula is C15H19NO6. The minimum atomic E-state index is -1.48. The third kappa shape index (κ3) is 4.85. The molecule has 0 saturated heterocycles. The van der Waals surface area contributed by atoms with Crippen molar-refractivity contribution in [3.05, 3.63) is 35.9 Å². The molecule has 120 valence electrons. The Balaban J connectivity index is 3.05. The van der Waals surface area contributed by atoms with Gasteiger partial charge in [0.25, 0.3) is 0 Å². The minimum Gasteiger partial charge on any atom is -0.481 e. The fourth-order valence-electron chi connectivity index (χ4n) is 1.82. The van der Waals surface area contributed by atoms with Crippen LogP contribution in [0.3, 0.4) is 0 Å². The van der Waals surface area contributed by atoms with Crippen LogP contribution < -0.4 is 0 Å². The van der Waals surface area contributed by atoms with Gasteiger partial charge in [-0.3, -0.25) is 9.59 Å². The van der Waals surface area contributed by atoms with Gasteiger partial charge in [0.05, 0.1) is 12.0 Å². The molecule has 0 fully saturated rings. The lowest BCUT2D eigenvalue weighted by molar-refractivity contribution is -0.205. The molecule has 22 heavy (non-hydrogen) atoms. The average Bonchev–Trinajstić information content (AvgIpc) is 2.41. The van der Waals surface area contributed by atoms with Gasteiger partial charge >= 0.3 is 17.9 Å². The van der Waals surface area contributed by atoms with Crippen LogP contribution in [0, 0.1) is 0 Å². The van der Waals surface area contributed by atoms with E-state index in [2.05, 4.69) is 0 Å². The van der Waals surface area contributed by atoms with Crippen molar-refractivity contribution < 1.29 is 29.4 Å². The molecule has 7 heteroatoms. The Labute approximate surface area is 128 Å². The Morgan fingerprint density at radius 3 is 2.09 bits per heavy atom. The summed E-state index contributed by atoms with van der Waals surface area (Å²) < 4.78 is 0. The average molecular weight is 309 g/mol. The molecule has 0 aliphatic heterocycles. The van der Waals surface area contributed by atoms with Crippen molar-refractivity contribution in [3.63, 3.8) is 0 Å². The van der Waals surface area contributed by atoms with Crippen LogP contribution in [-0.2, 0) is 14.4 Å². The van der Waals surface area contributed by atoms with E-state index in [0.717, 1.165) is 5.06 Å². The fraction of sp³-hybridized carbons (Fsp3) is 0.400. The highest BCUT2D eigenvalue weighted by Gasteiger charge is 2.38. The number of hydroxylamine groups is 2. The first-order chi connectivity index (χ1) is 10.1. The van der Waals surface area contributed by atoms with Gasteiger partial charge in [0.2, 0.25) is 0 Å². The number of hydrogen-bond donors (Lipinski definition) is 2. The zero-order valence-electron chi connectivity index (χ0n) is 12.6. The molecule has 0 aliphatic rings. The number of hydrogen-bond acceptors (Lipinski definition) is 5. The van der Waals surface area contributed by atoms with Gasteiger partial charge in [-0.05, 0) is 32.9 Å². The zero-order chi connectivity index (χ0) is 16.9. The molecule has 1 atom stereocenters. The van der Waals surface area contributed by atoms with Crippen molar-refractivity contribution in [2.75, 3.05) is 0 Å². The molecule has 0 radical (unpaired) electrons. The van der Waals surface area contributed by atoms with Gasteiger partial charge in [-0.1, -0.05) is 18.2 Å². The van der Waals surface area contributed by atoms with E-state index < -0.39 is 35.9 Å². The molecule has 0 amide bonds. The lowest BCUT2D eigenvalue weighted by Crippen LogP contribution is -2.53. The lowest BCUT2D eigenvalue weighted by atomic mass is 10.0. The van der Waals surface area contributed by atoms with Crippen LogP contribution in [-0.4, -0.2) is 44.8 Å². The number of aliphatic carboxylic acids is 2. The van der Waals surface area contributed by atoms with Crippen LogP contribution in [0.15, 0.2) is 30.3 Å². The van der Waals surface area contributed by atoms with Gasteiger partial charge in [0, 0.05) is 5.54 Å². The van der Waals surface area contributed by atoms with Crippen molar-refractivity contribution in [3.8, 4) is 0 Å². The lowest BCUT2D eigenvalue weighted by Gasteiger charge is -2.36. The minimum absolute atomic E-state index is 0.246. The first-order valence-corrected chi connectivity index (χ1v) is 6.64. The largest absolute Gasteiger partial charge is 0.481 e. The van der Waals surface area contributed by atoms with E-state index in [9.17, 15) is 19.5 Å². The predicted octanol–water partition coefficient (Wildman–Crippen LogP) is 1.79. The van der Waals surface area contributed by atoms with Crippen molar-refractivity contribution >= 4 is 17.9 Å². The van der Waals surface area contributed by atoms with Crippen LogP contribution in [0.1, 0.15) is 37.6 Å². The molecule has 1 rings (SSSR count). The van der Waals surface area contributed by atoms with Crippen molar-refractivity contribution in [2.45, 2.75) is 38.8 Å². The number of carboxylic acids is 2. The second-order valence-corrected chi connectivity index (χ2v) is 5.69. The van der Waals surface area contributed by atoms with E-state index >= 15 is 0 Å². The van der Waals surface area contributed by atoms with Gasteiger partial charge in [-0.2, -0.15) is 0 Å². The number of carbonyl (C=O) groups is 3. The molecule has 1 aromatic carbocycles. The molecule has 7 nitrogen and oxygen atoms in total. The van der Waals surface area contributed by atoms with Gasteiger partial charge in [0.1, 0.15) is 0 Å². The van der Waals surface area contributed by atoms with Crippen LogP contribution in [0.2, 0.25) is 0 Å². The standard InChI is InChI=1S/C15H19NO6/c1-15(2,3)16(11(13(19)20)9-12(17)18)22-14(21)10-7-5-4-6-8-10/h4-8,11H,9H2,1-3H3,(H,17,18)(H,19,20)/t11-/m0/s1. The van der Waals surface area contributed by atoms with Crippen LogP contribution in [0.5, 0.6) is 0 Å². The SMILES string of the molecule is CC(C)(C)N(OC(=O)c1ccccc1)[C@@H](CC(=O)O)C(=O)O. The maximum Gasteiger partial charge on any atom is 0.357 e. The molecule has 2 N–H and O–H groups in total. The maximum atomic E-state index is 12.1. The second kappa shape index (κ2) is 7.04. The Bertz CT molecular complexity index is 549. The molecule has 1 aromatic rings. The summed E-state index contributed by atoms with van der Waals surface area (Å²) in [4.78, 5) is 39.5. The molecular weight excluding hydrogens is 290 g/mol. The normalized spacial score (nSPS) is 12.7. The van der Waals surface area contributed by atoms with E-state index in [0.29, 0.717) is 0 Å². The quantitative estimate of drug-likeness (QED) is 0.772. The highest BCUT2D eigenvalue weighted by molar-refractivity contribution is 5.89. The highest BCUT2D eigenvalue weighted by Crippen LogP contribution is 2.21. The van der Waals surface area contributed by atoms with Gasteiger partial charge in [0.15, 0.2) is 6.04 Å². The molecule has 0 aliphatic carbocycles. The summed E-state index contributed by atoms with van der Waals surface area (Å²) in [5.74, 6) is -3.41. The van der Waals surface area contributed by atoms with Crippen molar-refractivity contribution in [1.29, 1.82) is 0 Å². The van der Waals surface area contributed by atoms with E-state index in [1.165, 1.54) is 12.1 Å². The smallest absolute Gasteiger partial charge is 0.357 e. The van der Waals surface area contributed by atoms with E-state index in [1.807, 2.05) is 0 Å². The first-order valence-electron chi connectivity index (χ1n) is 6.64. The zero-order valence-corrected chi connectivity index (χ0v) is 12.6. The number of carboxylic acid groups (broad SMARTS) is 2. The Morgan fingerprint density at radius 1 is 1.14 bits per heavy atom. The summed E-state index contributed by atoms with van der Waals surface area (Å²) in [6.45, 7) is 4.88. The molecule has 0 unspecified atom stereocenters. The van der Waals surface area contributed by atoms with E-state index in [1.54, 1.807) is 39.0 Å². The molecule has 0 aromatic heterocycles. The summed E-state index contributed by atoms with van der Waals surface area (Å²) in [6, 6.07) is 6.58. The predicted molar refractivity (Wildman–Crippen MR) is 77.1 cm³/mol. The highest BCUT2D eigenvalue weighted by atomic mass is 16.7. The van der Waals surface area contributed by atoms with E-state index in [-0.39, 0.29) is 5.56 Å². The van der Waals surface area contributed by atoms with Crippen LogP contribution >= 0.6 is 0 Å². The Hall–Kier alpha value is -2.41. The molecule has 0 bridgehead atoms. The summed E-state index contributed by atoms with van der Waals surface area (Å²) in [5, 5.41) is 19.0. The van der Waals surface area contributed by atoms with Crippen molar-refractivity contribution in [1.82, 2.24) is 5.06 Å². The first kappa shape index (κ1) is 17.6. The third-order valence-corrected chi connectivity index (χ3v) is 2.79. The second-order valence-electron chi connectivity index (χ2n) is 5.69. The van der Waals surface area contributed by atoms with Crippen LogP contribution in [0.4, 0.5) is 0 Å². The number of benzene rings is 1. The number of nitrogens with zero attached hydrogens (tertiary/aromatic N) is 1. The maximum absolute atomic E-state index is 12.1. The van der Waals surface area contributed by atoms with Crippen LogP contribution in [0.25, 0.3) is 0 Å². The fourth-order valence-corrected chi connectivity index (χ4v) is 1.82. The topological polar surface area (TPSA) is 104 Å². The van der Waals surface area contributed by atoms with Crippen molar-refractivity contribution in [2.24, 2.45) is 0 Å². The number of carbonyl (C=O) groups excluding carboxylic acids is 1. The number of rotatable bonds is 6. The molecule has 0 heterocycles. The van der Waals surface area contributed by atoms with Gasteiger partial charge in [-0.15, -0.1) is 5.06 Å². The Morgan fingerprint density at radius 2 is 1.68 bits per heavy atom. The summed E-state index contributed by atoms with van der Waals surface area (Å²) >= 11 is 0. The molecule has 0 spiro atoms. The molecule has 0 saturated carbocycles. The monoisotopic (exact) mass is 309 g/mol. The van der Waals surface area contributed by atoms with Gasteiger partial charge < -0.3 is 15.1 Å². The third-order valence-electron chi connectivity index (χ3n) is 2.79. The van der Waals surface area contributed by atoms with Gasteiger partial charge in [-0.25, -0.2) is 4.79 Å². The summed E-state index contributed by atoms with van der Waals surface area (Å²) in [7, 11) is 0.